The standard InChI is InChI=1S/C18H26N2O4/c1-10-7-5-6-8-14(10)20-15(22)9-24-18(23)17-11(2)16(13(4)21)12(3)19-17/h10,14,19H,5-9H2,1-4H3,(H,20,22)/t10-,14-/m0/s1. The maximum atomic E-state index is 12.2. The zero-order valence-electron chi connectivity index (χ0n) is 14.8. The van der Waals surface area contributed by atoms with Gasteiger partial charge in [0.25, 0.3) is 5.91 Å². The zero-order chi connectivity index (χ0) is 17.9. The summed E-state index contributed by atoms with van der Waals surface area (Å²) in [4.78, 5) is 38.7. The molecular weight excluding hydrogens is 308 g/mol. The first kappa shape index (κ1) is 18.2. The Balaban J connectivity index is 1.92. The normalized spacial score (nSPS) is 20.5. The molecule has 1 aliphatic rings. The first-order valence-electron chi connectivity index (χ1n) is 8.47. The van der Waals surface area contributed by atoms with Gasteiger partial charge >= 0.3 is 5.97 Å². The van der Waals surface area contributed by atoms with E-state index in [1.165, 1.54) is 13.3 Å². The molecule has 1 fully saturated rings. The quantitative estimate of drug-likeness (QED) is 0.640. The number of rotatable bonds is 5. The van der Waals surface area contributed by atoms with Crippen molar-refractivity contribution in [1.82, 2.24) is 10.3 Å². The molecule has 0 radical (unpaired) electrons. The van der Waals surface area contributed by atoms with Gasteiger partial charge in [-0.1, -0.05) is 19.8 Å². The van der Waals surface area contributed by atoms with Gasteiger partial charge in [-0.2, -0.15) is 0 Å². The van der Waals surface area contributed by atoms with Crippen molar-refractivity contribution in [2.75, 3.05) is 6.61 Å². The fourth-order valence-corrected chi connectivity index (χ4v) is 3.46. The van der Waals surface area contributed by atoms with Gasteiger partial charge in [-0.15, -0.1) is 0 Å². The van der Waals surface area contributed by atoms with Crippen LogP contribution in [-0.2, 0) is 9.53 Å². The maximum absolute atomic E-state index is 12.2. The monoisotopic (exact) mass is 334 g/mol. The number of aryl methyl sites for hydroxylation is 1. The molecule has 1 aromatic rings. The van der Waals surface area contributed by atoms with E-state index in [2.05, 4.69) is 17.2 Å². The number of nitrogens with one attached hydrogen (secondary N) is 2. The van der Waals surface area contributed by atoms with Crippen LogP contribution in [0, 0.1) is 19.8 Å². The Morgan fingerprint density at radius 1 is 1.21 bits per heavy atom. The molecule has 1 aliphatic carbocycles. The molecule has 0 spiro atoms. The van der Waals surface area contributed by atoms with Crippen molar-refractivity contribution in [3.63, 3.8) is 0 Å². The summed E-state index contributed by atoms with van der Waals surface area (Å²) in [5.41, 5.74) is 1.93. The first-order valence-corrected chi connectivity index (χ1v) is 8.47. The molecule has 2 N–H and O–H groups in total. The molecule has 0 saturated heterocycles. The van der Waals surface area contributed by atoms with Crippen LogP contribution in [0.4, 0.5) is 0 Å². The average molecular weight is 334 g/mol. The number of amides is 1. The highest BCUT2D eigenvalue weighted by Gasteiger charge is 2.24. The third-order valence-electron chi connectivity index (χ3n) is 4.79. The predicted molar refractivity (Wildman–Crippen MR) is 90.1 cm³/mol. The number of Topliss-reactive ketones (excluding diaryl/α,β-unsaturated/α-hetero) is 1. The van der Waals surface area contributed by atoms with Gasteiger partial charge in [0.15, 0.2) is 12.4 Å². The van der Waals surface area contributed by atoms with Gasteiger partial charge < -0.3 is 15.0 Å². The molecule has 1 heterocycles. The number of hydrogen-bond acceptors (Lipinski definition) is 4. The minimum atomic E-state index is -0.616. The van der Waals surface area contributed by atoms with E-state index < -0.39 is 5.97 Å². The van der Waals surface area contributed by atoms with Gasteiger partial charge in [-0.3, -0.25) is 9.59 Å². The van der Waals surface area contributed by atoms with Crippen molar-refractivity contribution in [3.8, 4) is 0 Å². The van der Waals surface area contributed by atoms with Crippen LogP contribution in [-0.4, -0.2) is 35.3 Å². The number of ketones is 1. The summed E-state index contributed by atoms with van der Waals surface area (Å²) < 4.78 is 5.10. The predicted octanol–water partition coefficient (Wildman–Crippen LogP) is 2.69. The van der Waals surface area contributed by atoms with Crippen LogP contribution >= 0.6 is 0 Å². The zero-order valence-corrected chi connectivity index (χ0v) is 14.8. The number of ether oxygens (including phenoxy) is 1. The number of hydrogen-bond donors (Lipinski definition) is 2. The lowest BCUT2D eigenvalue weighted by Gasteiger charge is -2.29. The molecule has 1 saturated carbocycles. The van der Waals surface area contributed by atoms with E-state index in [9.17, 15) is 14.4 Å². The van der Waals surface area contributed by atoms with Gasteiger partial charge in [-0.25, -0.2) is 4.79 Å². The van der Waals surface area contributed by atoms with Gasteiger partial charge in [0.1, 0.15) is 5.69 Å². The lowest BCUT2D eigenvalue weighted by molar-refractivity contribution is -0.125. The number of carbonyl (C=O) groups excluding carboxylic acids is 3. The van der Waals surface area contributed by atoms with Crippen molar-refractivity contribution in [2.24, 2.45) is 5.92 Å². The number of aromatic nitrogens is 1. The number of aromatic amines is 1. The fraction of sp³-hybridized carbons (Fsp3) is 0.611. The Morgan fingerprint density at radius 3 is 2.46 bits per heavy atom. The van der Waals surface area contributed by atoms with Crippen molar-refractivity contribution in [2.45, 2.75) is 59.4 Å². The third kappa shape index (κ3) is 4.04. The summed E-state index contributed by atoms with van der Waals surface area (Å²) in [7, 11) is 0. The molecule has 0 bridgehead atoms. The molecule has 0 unspecified atom stereocenters. The lowest BCUT2D eigenvalue weighted by Crippen LogP contribution is -2.42. The summed E-state index contributed by atoms with van der Waals surface area (Å²) in [5, 5.41) is 2.94. The second kappa shape index (κ2) is 7.64. The Bertz CT molecular complexity index is 648. The largest absolute Gasteiger partial charge is 0.451 e. The average Bonchev–Trinajstić information content (AvgIpc) is 2.82. The second-order valence-corrected chi connectivity index (χ2v) is 6.69. The van der Waals surface area contributed by atoms with Crippen LogP contribution in [0.1, 0.15) is 71.6 Å². The van der Waals surface area contributed by atoms with E-state index in [4.69, 9.17) is 4.74 Å². The van der Waals surface area contributed by atoms with Crippen LogP contribution in [0.3, 0.4) is 0 Å². The molecule has 2 atom stereocenters. The van der Waals surface area contributed by atoms with Crippen molar-refractivity contribution in [3.05, 3.63) is 22.5 Å². The summed E-state index contributed by atoms with van der Waals surface area (Å²) in [6, 6.07) is 0.156. The molecule has 6 nitrogen and oxygen atoms in total. The van der Waals surface area contributed by atoms with E-state index in [0.29, 0.717) is 22.7 Å². The molecular formula is C18H26N2O4. The van der Waals surface area contributed by atoms with E-state index in [1.54, 1.807) is 13.8 Å². The van der Waals surface area contributed by atoms with Crippen LogP contribution in [0.25, 0.3) is 0 Å². The number of H-pyrrole nitrogens is 1. The lowest BCUT2D eigenvalue weighted by atomic mass is 9.86. The smallest absolute Gasteiger partial charge is 0.355 e. The Hall–Kier alpha value is -2.11. The van der Waals surface area contributed by atoms with Gasteiger partial charge in [0.05, 0.1) is 0 Å². The number of esters is 1. The highest BCUT2D eigenvalue weighted by Crippen LogP contribution is 2.23. The van der Waals surface area contributed by atoms with Crippen LogP contribution in [0.2, 0.25) is 0 Å². The molecule has 1 amide bonds. The molecule has 0 aliphatic heterocycles. The molecule has 2 rings (SSSR count). The fourth-order valence-electron chi connectivity index (χ4n) is 3.46. The molecule has 24 heavy (non-hydrogen) atoms. The molecule has 1 aromatic heterocycles. The molecule has 6 heteroatoms. The SMILES string of the molecule is CC(=O)c1c(C)[nH]c(C(=O)OCC(=O)N[C@H]2CCCC[C@@H]2C)c1C. The minimum Gasteiger partial charge on any atom is -0.451 e. The van der Waals surface area contributed by atoms with Crippen molar-refractivity contribution < 1.29 is 19.1 Å². The van der Waals surface area contributed by atoms with Crippen molar-refractivity contribution in [1.29, 1.82) is 0 Å². The topological polar surface area (TPSA) is 88.3 Å². The van der Waals surface area contributed by atoms with Gasteiger partial charge in [0.2, 0.25) is 0 Å². The minimum absolute atomic E-state index is 0.107. The Labute approximate surface area is 142 Å². The van der Waals surface area contributed by atoms with Gasteiger partial charge in [0, 0.05) is 17.3 Å². The summed E-state index contributed by atoms with van der Waals surface area (Å²) >= 11 is 0. The van der Waals surface area contributed by atoms with Crippen LogP contribution < -0.4 is 5.32 Å². The Kier molecular flexibility index (Phi) is 5.80. The molecule has 132 valence electrons. The van der Waals surface area contributed by atoms with Crippen LogP contribution in [0.15, 0.2) is 0 Å². The highest BCUT2D eigenvalue weighted by molar-refractivity contribution is 6.01. The maximum Gasteiger partial charge on any atom is 0.355 e. The van der Waals surface area contributed by atoms with E-state index in [1.807, 2.05) is 0 Å². The summed E-state index contributed by atoms with van der Waals surface area (Å²) in [5.74, 6) is -0.557. The third-order valence-corrected chi connectivity index (χ3v) is 4.79. The van der Waals surface area contributed by atoms with Crippen LogP contribution in [0.5, 0.6) is 0 Å². The summed E-state index contributed by atoms with van der Waals surface area (Å²) in [6.07, 6.45) is 4.40. The highest BCUT2D eigenvalue weighted by atomic mass is 16.5. The summed E-state index contributed by atoms with van der Waals surface area (Å²) in [6.45, 7) is 6.70. The first-order chi connectivity index (χ1) is 11.3. The molecule has 0 aromatic carbocycles. The van der Waals surface area contributed by atoms with E-state index in [0.717, 1.165) is 19.3 Å². The Morgan fingerprint density at radius 2 is 1.88 bits per heavy atom. The van der Waals surface area contributed by atoms with Crippen molar-refractivity contribution >= 4 is 17.7 Å². The van der Waals surface area contributed by atoms with Gasteiger partial charge in [-0.05, 0) is 45.1 Å². The van der Waals surface area contributed by atoms with E-state index in [-0.39, 0.29) is 30.0 Å². The van der Waals surface area contributed by atoms with E-state index >= 15 is 0 Å². The number of carbonyl (C=O) groups is 3. The second-order valence-electron chi connectivity index (χ2n) is 6.69.